The second-order valence-corrected chi connectivity index (χ2v) is 3.42. The molecule has 0 radical (unpaired) electrons. The third kappa shape index (κ3) is 1.64. The first kappa shape index (κ1) is 9.52. The first-order valence-corrected chi connectivity index (χ1v) is 4.70. The highest BCUT2D eigenvalue weighted by molar-refractivity contribution is 5.98. The van der Waals surface area contributed by atoms with Crippen molar-refractivity contribution in [3.63, 3.8) is 0 Å². The summed E-state index contributed by atoms with van der Waals surface area (Å²) in [5.74, 6) is -0.402. The van der Waals surface area contributed by atoms with Crippen LogP contribution in [-0.4, -0.2) is 10.5 Å². The molecule has 1 aromatic carbocycles. The van der Waals surface area contributed by atoms with Crippen molar-refractivity contribution in [2.75, 3.05) is 0 Å². The smallest absolute Gasteiger partial charge is 0.265 e. The van der Waals surface area contributed by atoms with Crippen LogP contribution >= 0.6 is 0 Å². The van der Waals surface area contributed by atoms with Gasteiger partial charge in [-0.25, -0.2) is 0 Å². The summed E-state index contributed by atoms with van der Waals surface area (Å²) in [5, 5.41) is 0. The van der Waals surface area contributed by atoms with Crippen LogP contribution in [0.25, 0.3) is 11.1 Å². The fourth-order valence-corrected chi connectivity index (χ4v) is 1.69. The Morgan fingerprint density at radius 1 is 1.20 bits per heavy atom. The van der Waals surface area contributed by atoms with E-state index in [0.717, 1.165) is 11.1 Å². The molecule has 0 atom stereocenters. The van der Waals surface area contributed by atoms with Crippen LogP contribution in [0.1, 0.15) is 10.5 Å². The lowest BCUT2D eigenvalue weighted by atomic mass is 10.1. The van der Waals surface area contributed by atoms with E-state index in [1.807, 2.05) is 49.6 Å². The van der Waals surface area contributed by atoms with Gasteiger partial charge in [0.2, 0.25) is 0 Å². The van der Waals surface area contributed by atoms with Crippen molar-refractivity contribution in [2.45, 2.75) is 0 Å². The third-order valence-electron chi connectivity index (χ3n) is 2.39. The number of nitrogens with two attached hydrogens (primary N) is 1. The van der Waals surface area contributed by atoms with E-state index < -0.39 is 5.91 Å². The average molecular weight is 200 g/mol. The van der Waals surface area contributed by atoms with E-state index >= 15 is 0 Å². The summed E-state index contributed by atoms with van der Waals surface area (Å²) in [7, 11) is 1.81. The van der Waals surface area contributed by atoms with Gasteiger partial charge in [-0.15, -0.1) is 0 Å². The highest BCUT2D eigenvalue weighted by Crippen LogP contribution is 2.23. The maximum absolute atomic E-state index is 11.3. The minimum Gasteiger partial charge on any atom is -0.364 e. The zero-order valence-electron chi connectivity index (χ0n) is 8.47. The maximum Gasteiger partial charge on any atom is 0.265 e. The van der Waals surface area contributed by atoms with Crippen LogP contribution in [0.15, 0.2) is 42.6 Å². The van der Waals surface area contributed by atoms with Crippen LogP contribution in [0, 0.1) is 0 Å². The van der Waals surface area contributed by atoms with E-state index in [0.29, 0.717) is 5.69 Å². The van der Waals surface area contributed by atoms with Crippen molar-refractivity contribution in [1.82, 2.24) is 4.57 Å². The second kappa shape index (κ2) is 3.61. The number of carbonyl (C=O) groups is 1. The van der Waals surface area contributed by atoms with Gasteiger partial charge in [-0.05, 0) is 11.6 Å². The van der Waals surface area contributed by atoms with Gasteiger partial charge in [0.1, 0.15) is 5.69 Å². The summed E-state index contributed by atoms with van der Waals surface area (Å²) in [5.41, 5.74) is 7.77. The molecule has 2 rings (SSSR count). The summed E-state index contributed by atoms with van der Waals surface area (Å²) in [6.07, 6.45) is 1.84. The van der Waals surface area contributed by atoms with Crippen molar-refractivity contribution in [3.05, 3.63) is 48.3 Å². The minimum atomic E-state index is -0.402. The first-order valence-electron chi connectivity index (χ1n) is 4.70. The van der Waals surface area contributed by atoms with Gasteiger partial charge in [0.25, 0.3) is 5.91 Å². The number of aromatic nitrogens is 1. The Bertz CT molecular complexity index is 486. The fraction of sp³-hybridized carbons (Fsp3) is 0.0833. The van der Waals surface area contributed by atoms with Gasteiger partial charge in [0.15, 0.2) is 0 Å². The molecule has 3 heteroatoms. The van der Waals surface area contributed by atoms with Gasteiger partial charge in [-0.2, -0.15) is 0 Å². The molecule has 0 aliphatic carbocycles. The normalized spacial score (nSPS) is 10.2. The molecular weight excluding hydrogens is 188 g/mol. The number of carbonyl (C=O) groups excluding carboxylic acids is 1. The quantitative estimate of drug-likeness (QED) is 0.789. The molecule has 2 aromatic rings. The molecule has 2 N–H and O–H groups in total. The molecule has 0 saturated carbocycles. The zero-order valence-corrected chi connectivity index (χ0v) is 8.47. The molecule has 15 heavy (non-hydrogen) atoms. The highest BCUT2D eigenvalue weighted by atomic mass is 16.1. The van der Waals surface area contributed by atoms with E-state index in [2.05, 4.69) is 0 Å². The van der Waals surface area contributed by atoms with Crippen molar-refractivity contribution >= 4 is 5.91 Å². The first-order chi connectivity index (χ1) is 7.20. The minimum absolute atomic E-state index is 0.402. The number of hydrogen-bond donors (Lipinski definition) is 1. The molecule has 1 heterocycles. The van der Waals surface area contributed by atoms with Gasteiger partial charge >= 0.3 is 0 Å². The van der Waals surface area contributed by atoms with Gasteiger partial charge in [0.05, 0.1) is 0 Å². The van der Waals surface area contributed by atoms with Crippen LogP contribution < -0.4 is 5.73 Å². The highest BCUT2D eigenvalue weighted by Gasteiger charge is 2.13. The van der Waals surface area contributed by atoms with E-state index in [-0.39, 0.29) is 0 Å². The second-order valence-electron chi connectivity index (χ2n) is 3.42. The molecule has 3 nitrogen and oxygen atoms in total. The Kier molecular flexibility index (Phi) is 2.29. The van der Waals surface area contributed by atoms with E-state index in [9.17, 15) is 4.79 Å². The van der Waals surface area contributed by atoms with E-state index in [4.69, 9.17) is 5.73 Å². The standard InChI is InChI=1S/C12H12N2O/c1-14-8-7-10(11(14)12(13)15)9-5-3-2-4-6-9/h2-8H,1H3,(H2,13,15). The lowest BCUT2D eigenvalue weighted by Crippen LogP contribution is -2.16. The van der Waals surface area contributed by atoms with Crippen molar-refractivity contribution in [2.24, 2.45) is 12.8 Å². The Hall–Kier alpha value is -2.03. The molecule has 0 saturated heterocycles. The van der Waals surface area contributed by atoms with Crippen molar-refractivity contribution in [1.29, 1.82) is 0 Å². The Morgan fingerprint density at radius 3 is 2.47 bits per heavy atom. The molecule has 0 bridgehead atoms. The summed E-state index contributed by atoms with van der Waals surface area (Å²) >= 11 is 0. The predicted molar refractivity (Wildman–Crippen MR) is 59.4 cm³/mol. The van der Waals surface area contributed by atoms with Crippen molar-refractivity contribution < 1.29 is 4.79 Å². The van der Waals surface area contributed by atoms with Crippen molar-refractivity contribution in [3.8, 4) is 11.1 Å². The van der Waals surface area contributed by atoms with Gasteiger partial charge in [-0.3, -0.25) is 4.79 Å². The SMILES string of the molecule is Cn1ccc(-c2ccccc2)c1C(N)=O. The van der Waals surface area contributed by atoms with Crippen LogP contribution in [0.4, 0.5) is 0 Å². The van der Waals surface area contributed by atoms with Gasteiger partial charge in [0, 0.05) is 18.8 Å². The Morgan fingerprint density at radius 2 is 1.87 bits per heavy atom. The number of nitrogens with zero attached hydrogens (tertiary/aromatic N) is 1. The molecule has 76 valence electrons. The molecule has 0 unspecified atom stereocenters. The third-order valence-corrected chi connectivity index (χ3v) is 2.39. The molecule has 0 spiro atoms. The molecular formula is C12H12N2O. The topological polar surface area (TPSA) is 48.0 Å². The largest absolute Gasteiger partial charge is 0.364 e. The van der Waals surface area contributed by atoms with Crippen LogP contribution in [0.5, 0.6) is 0 Å². The lowest BCUT2D eigenvalue weighted by Gasteiger charge is -2.03. The van der Waals surface area contributed by atoms with Crippen LogP contribution in [-0.2, 0) is 7.05 Å². The number of hydrogen-bond acceptors (Lipinski definition) is 1. The molecule has 1 aromatic heterocycles. The summed E-state index contributed by atoms with van der Waals surface area (Å²) in [6.45, 7) is 0. The Balaban J connectivity index is 2.59. The number of rotatable bonds is 2. The lowest BCUT2D eigenvalue weighted by molar-refractivity contribution is 0.0993. The van der Waals surface area contributed by atoms with Gasteiger partial charge < -0.3 is 10.3 Å². The molecule has 0 aliphatic heterocycles. The van der Waals surface area contributed by atoms with Crippen LogP contribution in [0.3, 0.4) is 0 Å². The van der Waals surface area contributed by atoms with Gasteiger partial charge in [-0.1, -0.05) is 30.3 Å². The van der Waals surface area contributed by atoms with Crippen LogP contribution in [0.2, 0.25) is 0 Å². The maximum atomic E-state index is 11.3. The number of amides is 1. The molecule has 0 fully saturated rings. The molecule has 0 aliphatic rings. The number of benzene rings is 1. The summed E-state index contributed by atoms with van der Waals surface area (Å²) < 4.78 is 1.74. The van der Waals surface area contributed by atoms with E-state index in [1.54, 1.807) is 4.57 Å². The van der Waals surface area contributed by atoms with E-state index in [1.165, 1.54) is 0 Å². The fourth-order valence-electron chi connectivity index (χ4n) is 1.69. The summed E-state index contributed by atoms with van der Waals surface area (Å²) in [6, 6.07) is 11.6. The number of primary amides is 1. The number of aryl methyl sites for hydroxylation is 1. The predicted octanol–water partition coefficient (Wildman–Crippen LogP) is 1.79. The Labute approximate surface area is 88.1 Å². The zero-order chi connectivity index (χ0) is 10.8. The summed E-state index contributed by atoms with van der Waals surface area (Å²) in [4.78, 5) is 11.3. The monoisotopic (exact) mass is 200 g/mol. The average Bonchev–Trinajstić information content (AvgIpc) is 2.61. The molecule has 1 amide bonds.